The number of hydrogen-bond acceptors (Lipinski definition) is 3. The largest absolute Gasteiger partial charge is 0.507 e. The van der Waals surface area contributed by atoms with Crippen molar-refractivity contribution in [2.75, 3.05) is 4.90 Å². The quantitative estimate of drug-likeness (QED) is 0.343. The summed E-state index contributed by atoms with van der Waals surface area (Å²) in [6, 6.07) is 20.8. The van der Waals surface area contributed by atoms with Crippen molar-refractivity contribution in [2.45, 2.75) is 19.9 Å². The van der Waals surface area contributed by atoms with E-state index in [1.807, 2.05) is 62.4 Å². The summed E-state index contributed by atoms with van der Waals surface area (Å²) >= 11 is 6.08. The Hall–Kier alpha value is -3.37. The van der Waals surface area contributed by atoms with E-state index in [1.165, 1.54) is 4.90 Å². The Kier molecular flexibility index (Phi) is 5.18. The average molecular weight is 418 g/mol. The lowest BCUT2D eigenvalue weighted by Gasteiger charge is -2.27. The number of aliphatic hydroxyl groups is 1. The van der Waals surface area contributed by atoms with E-state index in [1.54, 1.807) is 24.3 Å². The molecule has 0 aliphatic carbocycles. The number of anilines is 1. The molecule has 0 spiro atoms. The molecule has 4 nitrogen and oxygen atoms in total. The summed E-state index contributed by atoms with van der Waals surface area (Å²) in [7, 11) is 0. The van der Waals surface area contributed by atoms with Crippen LogP contribution < -0.4 is 4.90 Å². The third kappa shape index (κ3) is 3.40. The zero-order chi connectivity index (χ0) is 21.4. The van der Waals surface area contributed by atoms with E-state index < -0.39 is 17.7 Å². The highest BCUT2D eigenvalue weighted by Gasteiger charge is 2.47. The minimum Gasteiger partial charge on any atom is -0.507 e. The number of carbonyl (C=O) groups is 2. The van der Waals surface area contributed by atoms with Crippen molar-refractivity contribution in [3.8, 4) is 0 Å². The van der Waals surface area contributed by atoms with Crippen LogP contribution in [0.4, 0.5) is 5.69 Å². The van der Waals surface area contributed by atoms with E-state index in [-0.39, 0.29) is 11.3 Å². The first-order valence-electron chi connectivity index (χ1n) is 9.57. The van der Waals surface area contributed by atoms with Crippen molar-refractivity contribution in [3.05, 3.63) is 106 Å². The van der Waals surface area contributed by atoms with Crippen LogP contribution in [0.5, 0.6) is 0 Å². The summed E-state index contributed by atoms with van der Waals surface area (Å²) in [6.07, 6.45) is 0. The van der Waals surface area contributed by atoms with Crippen LogP contribution in [0, 0.1) is 13.8 Å². The van der Waals surface area contributed by atoms with E-state index in [4.69, 9.17) is 11.6 Å². The Morgan fingerprint density at radius 1 is 0.933 bits per heavy atom. The second-order valence-electron chi connectivity index (χ2n) is 7.38. The molecule has 1 fully saturated rings. The molecule has 4 rings (SSSR count). The number of aryl methyl sites for hydroxylation is 2. The summed E-state index contributed by atoms with van der Waals surface area (Å²) in [5, 5.41) is 11.5. The second kappa shape index (κ2) is 7.81. The molecule has 1 amide bonds. The van der Waals surface area contributed by atoms with Gasteiger partial charge in [-0.05, 0) is 43.2 Å². The lowest BCUT2D eigenvalue weighted by molar-refractivity contribution is -0.132. The fraction of sp³-hybridized carbons (Fsp3) is 0.120. The van der Waals surface area contributed by atoms with E-state index in [0.717, 1.165) is 16.7 Å². The summed E-state index contributed by atoms with van der Waals surface area (Å²) in [4.78, 5) is 27.7. The van der Waals surface area contributed by atoms with Gasteiger partial charge in [-0.25, -0.2) is 0 Å². The van der Waals surface area contributed by atoms with Crippen LogP contribution in [0.25, 0.3) is 5.76 Å². The van der Waals surface area contributed by atoms with Gasteiger partial charge in [0.15, 0.2) is 0 Å². The molecule has 1 unspecified atom stereocenters. The molecule has 3 aromatic carbocycles. The molecule has 1 aliphatic rings. The molecule has 1 saturated heterocycles. The molecule has 1 atom stereocenters. The van der Waals surface area contributed by atoms with Crippen LogP contribution in [-0.2, 0) is 9.59 Å². The first kappa shape index (κ1) is 19.9. The molecule has 0 bridgehead atoms. The standard InChI is InChI=1S/C25H20ClNO3/c1-15-11-12-20(16(2)13-15)27-22(17-7-4-3-5-8-17)21(24(29)25(27)30)23(28)18-9-6-10-19(26)14-18/h3-14,22,28H,1-2H3/b23-21+. The van der Waals surface area contributed by atoms with Gasteiger partial charge in [-0.15, -0.1) is 0 Å². The van der Waals surface area contributed by atoms with Crippen molar-refractivity contribution in [1.29, 1.82) is 0 Å². The normalized spacial score (nSPS) is 18.1. The number of hydrogen-bond donors (Lipinski definition) is 1. The molecule has 30 heavy (non-hydrogen) atoms. The zero-order valence-electron chi connectivity index (χ0n) is 16.6. The first-order valence-corrected chi connectivity index (χ1v) is 9.95. The lowest BCUT2D eigenvalue weighted by atomic mass is 9.95. The summed E-state index contributed by atoms with van der Waals surface area (Å²) in [5.41, 5.74) is 3.75. The minimum atomic E-state index is -0.744. The highest BCUT2D eigenvalue weighted by atomic mass is 35.5. The molecule has 0 aromatic heterocycles. The Balaban J connectivity index is 1.97. The van der Waals surface area contributed by atoms with Crippen LogP contribution in [0.3, 0.4) is 0 Å². The van der Waals surface area contributed by atoms with E-state index >= 15 is 0 Å². The number of rotatable bonds is 3. The molecule has 5 heteroatoms. The molecular formula is C25H20ClNO3. The average Bonchev–Trinajstić information content (AvgIpc) is 2.99. The smallest absolute Gasteiger partial charge is 0.300 e. The Labute approximate surface area is 180 Å². The van der Waals surface area contributed by atoms with Gasteiger partial charge in [-0.3, -0.25) is 14.5 Å². The van der Waals surface area contributed by atoms with E-state index in [2.05, 4.69) is 0 Å². The maximum atomic E-state index is 13.1. The van der Waals surface area contributed by atoms with E-state index in [9.17, 15) is 14.7 Å². The van der Waals surface area contributed by atoms with Gasteiger partial charge in [-0.1, -0.05) is 71.8 Å². The number of benzene rings is 3. The summed E-state index contributed by atoms with van der Waals surface area (Å²) in [6.45, 7) is 3.87. The highest BCUT2D eigenvalue weighted by Crippen LogP contribution is 2.43. The Morgan fingerprint density at radius 2 is 1.67 bits per heavy atom. The van der Waals surface area contributed by atoms with Gasteiger partial charge in [-0.2, -0.15) is 0 Å². The number of nitrogens with zero attached hydrogens (tertiary/aromatic N) is 1. The predicted molar refractivity (Wildman–Crippen MR) is 119 cm³/mol. The van der Waals surface area contributed by atoms with Gasteiger partial charge >= 0.3 is 0 Å². The van der Waals surface area contributed by atoms with Gasteiger partial charge in [0, 0.05) is 16.3 Å². The maximum absolute atomic E-state index is 13.1. The topological polar surface area (TPSA) is 57.6 Å². The molecule has 1 aliphatic heterocycles. The molecule has 0 saturated carbocycles. The monoisotopic (exact) mass is 417 g/mol. The number of ketones is 1. The summed E-state index contributed by atoms with van der Waals surface area (Å²) < 4.78 is 0. The van der Waals surface area contributed by atoms with Crippen molar-refractivity contribution >= 4 is 34.7 Å². The molecule has 1 N–H and O–H groups in total. The van der Waals surface area contributed by atoms with Crippen LogP contribution >= 0.6 is 11.6 Å². The maximum Gasteiger partial charge on any atom is 0.300 e. The fourth-order valence-electron chi connectivity index (χ4n) is 3.90. The number of Topliss-reactive ketones (excluding diaryl/α,β-unsaturated/α-hetero) is 1. The van der Waals surface area contributed by atoms with Crippen LogP contribution in [0.15, 0.2) is 78.4 Å². The molecular weight excluding hydrogens is 398 g/mol. The molecule has 1 heterocycles. The van der Waals surface area contributed by atoms with Crippen LogP contribution in [0.2, 0.25) is 5.02 Å². The zero-order valence-corrected chi connectivity index (χ0v) is 17.4. The van der Waals surface area contributed by atoms with Gasteiger partial charge in [0.1, 0.15) is 5.76 Å². The first-order chi connectivity index (χ1) is 14.4. The van der Waals surface area contributed by atoms with Crippen molar-refractivity contribution in [1.82, 2.24) is 0 Å². The SMILES string of the molecule is Cc1ccc(N2C(=O)C(=O)/C(=C(/O)c3cccc(Cl)c3)C2c2ccccc2)c(C)c1. The van der Waals surface area contributed by atoms with Crippen molar-refractivity contribution < 1.29 is 14.7 Å². The minimum absolute atomic E-state index is 0.0495. The Bertz CT molecular complexity index is 1180. The fourth-order valence-corrected chi connectivity index (χ4v) is 4.09. The predicted octanol–water partition coefficient (Wildman–Crippen LogP) is 5.58. The Morgan fingerprint density at radius 3 is 2.33 bits per heavy atom. The van der Waals surface area contributed by atoms with Crippen LogP contribution in [0.1, 0.15) is 28.3 Å². The third-order valence-electron chi connectivity index (χ3n) is 5.27. The lowest BCUT2D eigenvalue weighted by Crippen LogP contribution is -2.30. The number of amides is 1. The number of aliphatic hydroxyl groups excluding tert-OH is 1. The highest BCUT2D eigenvalue weighted by molar-refractivity contribution is 6.51. The summed E-state index contributed by atoms with van der Waals surface area (Å²) in [5.74, 6) is -1.63. The van der Waals surface area contributed by atoms with Crippen molar-refractivity contribution in [3.63, 3.8) is 0 Å². The van der Waals surface area contributed by atoms with Gasteiger partial charge in [0.05, 0.1) is 11.6 Å². The molecule has 0 radical (unpaired) electrons. The molecule has 150 valence electrons. The van der Waals surface area contributed by atoms with Crippen molar-refractivity contribution in [2.24, 2.45) is 0 Å². The number of carbonyl (C=O) groups excluding carboxylic acids is 2. The van der Waals surface area contributed by atoms with E-state index in [0.29, 0.717) is 16.3 Å². The second-order valence-corrected chi connectivity index (χ2v) is 7.82. The van der Waals surface area contributed by atoms with Gasteiger partial charge in [0.2, 0.25) is 0 Å². The number of halogens is 1. The third-order valence-corrected chi connectivity index (χ3v) is 5.50. The molecule has 3 aromatic rings. The van der Waals surface area contributed by atoms with Gasteiger partial charge in [0.25, 0.3) is 11.7 Å². The van der Waals surface area contributed by atoms with Gasteiger partial charge < -0.3 is 5.11 Å². The van der Waals surface area contributed by atoms with Crippen LogP contribution in [-0.4, -0.2) is 16.8 Å².